The van der Waals surface area contributed by atoms with Crippen LogP contribution in [0, 0.1) is 35.2 Å². The van der Waals surface area contributed by atoms with Crippen molar-refractivity contribution in [1.82, 2.24) is 0 Å². The van der Waals surface area contributed by atoms with Crippen LogP contribution in [0.25, 0.3) is 0 Å². The number of anilines is 1. The number of nitrogens with one attached hydrogen (secondary N) is 1. The first-order valence-corrected chi connectivity index (χ1v) is 12.0. The van der Waals surface area contributed by atoms with Crippen LogP contribution in [-0.2, 0) is 9.84 Å². The lowest BCUT2D eigenvalue weighted by Crippen LogP contribution is -2.37. The Kier molecular flexibility index (Phi) is 5.81. The molecular formula is C22H21ClF3NO3S. The van der Waals surface area contributed by atoms with E-state index in [2.05, 4.69) is 12.2 Å². The van der Waals surface area contributed by atoms with Crippen molar-refractivity contribution in [3.05, 3.63) is 58.4 Å². The van der Waals surface area contributed by atoms with Crippen LogP contribution >= 0.6 is 11.6 Å². The van der Waals surface area contributed by atoms with Gasteiger partial charge in [0.1, 0.15) is 0 Å². The molecule has 0 spiro atoms. The van der Waals surface area contributed by atoms with E-state index in [0.717, 1.165) is 25.7 Å². The fraction of sp³-hybridized carbons (Fsp3) is 0.409. The molecule has 2 saturated carbocycles. The predicted molar refractivity (Wildman–Crippen MR) is 111 cm³/mol. The summed E-state index contributed by atoms with van der Waals surface area (Å²) in [5.41, 5.74) is -0.329. The highest BCUT2D eigenvalue weighted by atomic mass is 35.5. The molecule has 1 N–H and O–H groups in total. The van der Waals surface area contributed by atoms with Crippen LogP contribution in [0.3, 0.4) is 0 Å². The molecule has 0 aromatic heterocycles. The van der Waals surface area contributed by atoms with E-state index in [4.69, 9.17) is 11.6 Å². The van der Waals surface area contributed by atoms with E-state index in [1.54, 1.807) is 0 Å². The van der Waals surface area contributed by atoms with Gasteiger partial charge in [-0.3, -0.25) is 4.79 Å². The van der Waals surface area contributed by atoms with Gasteiger partial charge < -0.3 is 5.32 Å². The normalized spacial score (nSPS) is 25.5. The zero-order chi connectivity index (χ0) is 22.5. The maximum Gasteiger partial charge on any atom is 0.255 e. The van der Waals surface area contributed by atoms with Crippen LogP contribution in [0.15, 0.2) is 35.2 Å². The van der Waals surface area contributed by atoms with Gasteiger partial charge in [0.05, 0.1) is 15.2 Å². The molecule has 0 saturated heterocycles. The molecule has 4 atom stereocenters. The van der Waals surface area contributed by atoms with Crippen molar-refractivity contribution >= 4 is 33.0 Å². The molecule has 2 aliphatic carbocycles. The van der Waals surface area contributed by atoms with Crippen molar-refractivity contribution in [2.45, 2.75) is 42.8 Å². The van der Waals surface area contributed by atoms with Gasteiger partial charge in [0, 0.05) is 23.4 Å². The van der Waals surface area contributed by atoms with Crippen molar-refractivity contribution in [2.24, 2.45) is 17.8 Å². The van der Waals surface area contributed by atoms with E-state index < -0.39 is 38.4 Å². The van der Waals surface area contributed by atoms with Crippen LogP contribution in [0.5, 0.6) is 0 Å². The van der Waals surface area contributed by atoms with Gasteiger partial charge in [0.25, 0.3) is 5.91 Å². The third-order valence-electron chi connectivity index (χ3n) is 6.35. The smallest absolute Gasteiger partial charge is 0.255 e. The number of halogens is 4. The Morgan fingerprint density at radius 1 is 1.03 bits per heavy atom. The van der Waals surface area contributed by atoms with Crippen molar-refractivity contribution < 1.29 is 26.4 Å². The number of hydrogen-bond acceptors (Lipinski definition) is 3. The van der Waals surface area contributed by atoms with Gasteiger partial charge in [-0.05, 0) is 61.6 Å². The zero-order valence-corrected chi connectivity index (χ0v) is 18.2. The average Bonchev–Trinajstić information content (AvgIpc) is 2.99. The van der Waals surface area contributed by atoms with Crippen LogP contribution in [-0.4, -0.2) is 19.6 Å². The topological polar surface area (TPSA) is 63.2 Å². The molecule has 4 rings (SSSR count). The molecule has 2 aromatic rings. The minimum Gasteiger partial charge on any atom is -0.322 e. The summed E-state index contributed by atoms with van der Waals surface area (Å²) >= 11 is 6.22. The molecule has 4 nitrogen and oxygen atoms in total. The van der Waals surface area contributed by atoms with Gasteiger partial charge in [0.2, 0.25) is 0 Å². The van der Waals surface area contributed by atoms with E-state index >= 15 is 0 Å². The number of fused-ring (bicyclic) bond motifs is 2. The second-order valence-corrected chi connectivity index (χ2v) is 11.0. The second-order valence-electron chi connectivity index (χ2n) is 8.54. The van der Waals surface area contributed by atoms with Crippen LogP contribution in [0.4, 0.5) is 18.9 Å². The molecule has 2 aliphatic rings. The third-order valence-corrected chi connectivity index (χ3v) is 9.23. The summed E-state index contributed by atoms with van der Waals surface area (Å²) in [7, 11) is -3.78. The molecule has 2 unspecified atom stereocenters. The Morgan fingerprint density at radius 2 is 1.61 bits per heavy atom. The number of amides is 1. The molecule has 31 heavy (non-hydrogen) atoms. The maximum atomic E-state index is 13.5. The minimum absolute atomic E-state index is 0.0217. The molecule has 0 heterocycles. The quantitative estimate of drug-likeness (QED) is 0.590. The Hall–Kier alpha value is -2.06. The SMILES string of the molecule is C[C@@H]1CC2CC[C@@H](C1)C2S(=O)(=O)c1cc(C(=O)Nc2cc(F)c(F)c(F)c2)ccc1Cl. The lowest BCUT2D eigenvalue weighted by Gasteiger charge is -2.33. The van der Waals surface area contributed by atoms with Gasteiger partial charge in [-0.25, -0.2) is 21.6 Å². The molecule has 1 amide bonds. The molecule has 0 aliphatic heterocycles. The first-order valence-electron chi connectivity index (χ1n) is 10.1. The summed E-state index contributed by atoms with van der Waals surface area (Å²) in [6.07, 6.45) is 3.41. The fourth-order valence-electron chi connectivity index (χ4n) is 5.12. The maximum absolute atomic E-state index is 13.5. The number of sulfone groups is 1. The first-order chi connectivity index (χ1) is 14.6. The highest BCUT2D eigenvalue weighted by Crippen LogP contribution is 2.50. The summed E-state index contributed by atoms with van der Waals surface area (Å²) in [5.74, 6) is -4.72. The Bertz CT molecular complexity index is 1120. The van der Waals surface area contributed by atoms with Gasteiger partial charge >= 0.3 is 0 Å². The van der Waals surface area contributed by atoms with Crippen molar-refractivity contribution in [3.8, 4) is 0 Å². The summed E-state index contributed by atoms with van der Waals surface area (Å²) in [5, 5.41) is 1.75. The van der Waals surface area contributed by atoms with Crippen LogP contribution in [0.2, 0.25) is 5.02 Å². The standard InChI is InChI=1S/C22H21ClF3NO3S/c1-11-6-12-2-3-13(7-11)21(12)31(29,30)19-8-14(4-5-16(19)23)22(28)27-15-9-17(24)20(26)18(25)10-15/h4-5,8-13,21H,2-3,6-7H2,1H3,(H,27,28)/t11-,12-,13?,21?/m0/s1. The predicted octanol–water partition coefficient (Wildman–Crippen LogP) is 5.61. The molecule has 2 fully saturated rings. The van der Waals surface area contributed by atoms with Crippen LogP contribution < -0.4 is 5.32 Å². The van der Waals surface area contributed by atoms with Gasteiger partial charge in [-0.1, -0.05) is 18.5 Å². The minimum atomic E-state index is -3.78. The summed E-state index contributed by atoms with van der Waals surface area (Å²) in [6.45, 7) is 2.13. The van der Waals surface area contributed by atoms with Crippen molar-refractivity contribution in [3.63, 3.8) is 0 Å². The fourth-order valence-corrected chi connectivity index (χ4v) is 7.99. The van der Waals surface area contributed by atoms with E-state index in [1.807, 2.05) is 0 Å². The lowest BCUT2D eigenvalue weighted by molar-refractivity contribution is 0.102. The second kappa shape index (κ2) is 8.13. The summed E-state index contributed by atoms with van der Waals surface area (Å²) < 4.78 is 66.9. The van der Waals surface area contributed by atoms with E-state index in [9.17, 15) is 26.4 Å². The van der Waals surface area contributed by atoms with E-state index in [0.29, 0.717) is 18.1 Å². The molecule has 9 heteroatoms. The van der Waals surface area contributed by atoms with Crippen LogP contribution in [0.1, 0.15) is 43.0 Å². The lowest BCUT2D eigenvalue weighted by atomic mass is 9.82. The van der Waals surface area contributed by atoms with Crippen molar-refractivity contribution in [2.75, 3.05) is 5.32 Å². The number of benzene rings is 2. The molecule has 2 bridgehead atoms. The summed E-state index contributed by atoms with van der Waals surface area (Å²) in [6, 6.07) is 5.13. The van der Waals surface area contributed by atoms with Gasteiger partial charge in [-0.15, -0.1) is 0 Å². The Morgan fingerprint density at radius 3 is 2.19 bits per heavy atom. The largest absolute Gasteiger partial charge is 0.322 e. The molecule has 166 valence electrons. The molecule has 0 radical (unpaired) electrons. The third kappa shape index (κ3) is 4.07. The van der Waals surface area contributed by atoms with Gasteiger partial charge in [0.15, 0.2) is 27.3 Å². The summed E-state index contributed by atoms with van der Waals surface area (Å²) in [4.78, 5) is 12.5. The number of rotatable bonds is 4. The van der Waals surface area contributed by atoms with E-state index in [-0.39, 0.29) is 33.0 Å². The Labute approximate surface area is 183 Å². The first kappa shape index (κ1) is 22.1. The van der Waals surface area contributed by atoms with Crippen molar-refractivity contribution in [1.29, 1.82) is 0 Å². The number of carbonyl (C=O) groups excluding carboxylic acids is 1. The number of carbonyl (C=O) groups is 1. The monoisotopic (exact) mass is 471 g/mol. The highest BCUT2D eigenvalue weighted by Gasteiger charge is 2.49. The highest BCUT2D eigenvalue weighted by molar-refractivity contribution is 7.92. The van der Waals surface area contributed by atoms with E-state index in [1.165, 1.54) is 18.2 Å². The Balaban J connectivity index is 1.64. The molecule has 2 aromatic carbocycles. The zero-order valence-electron chi connectivity index (χ0n) is 16.7. The average molecular weight is 472 g/mol. The van der Waals surface area contributed by atoms with Gasteiger partial charge in [-0.2, -0.15) is 0 Å². The number of hydrogen-bond donors (Lipinski definition) is 1. The molecular weight excluding hydrogens is 451 g/mol.